The van der Waals surface area contributed by atoms with Crippen LogP contribution in [0.1, 0.15) is 16.2 Å². The van der Waals surface area contributed by atoms with E-state index in [1.165, 1.54) is 14.2 Å². The molecule has 3 aromatic rings. The van der Waals surface area contributed by atoms with Gasteiger partial charge in [0.2, 0.25) is 5.76 Å². The van der Waals surface area contributed by atoms with E-state index in [0.29, 0.717) is 11.5 Å². The number of rotatable bonds is 4. The first kappa shape index (κ1) is 13.4. The molecular weight excluding hydrogens is 274 g/mol. The van der Waals surface area contributed by atoms with Crippen LogP contribution in [0.3, 0.4) is 0 Å². The van der Waals surface area contributed by atoms with E-state index in [4.69, 9.17) is 13.6 Å². The van der Waals surface area contributed by atoms with E-state index < -0.39 is 5.97 Å². The highest BCUT2D eigenvalue weighted by atomic mass is 16.5. The van der Waals surface area contributed by atoms with Crippen LogP contribution in [-0.2, 0) is 16.1 Å². The van der Waals surface area contributed by atoms with E-state index in [1.54, 1.807) is 6.07 Å². The highest BCUT2D eigenvalue weighted by Gasteiger charge is 2.23. The van der Waals surface area contributed by atoms with Crippen molar-refractivity contribution < 1.29 is 23.1 Å². The Morgan fingerprint density at radius 3 is 2.76 bits per heavy atom. The Balaban J connectivity index is 2.07. The Hall–Kier alpha value is -2.60. The SMILES string of the molecule is COCc1nc(-c2cc3ccccc3o2)oc1C(=O)OC. The number of oxazole rings is 1. The van der Waals surface area contributed by atoms with Crippen LogP contribution >= 0.6 is 0 Å². The molecule has 0 fully saturated rings. The third-order valence-electron chi connectivity index (χ3n) is 2.99. The molecule has 6 nitrogen and oxygen atoms in total. The average molecular weight is 287 g/mol. The van der Waals surface area contributed by atoms with Gasteiger partial charge in [-0.1, -0.05) is 18.2 Å². The largest absolute Gasteiger partial charge is 0.463 e. The highest BCUT2D eigenvalue weighted by Crippen LogP contribution is 2.29. The van der Waals surface area contributed by atoms with Crippen LogP contribution in [0.2, 0.25) is 0 Å². The normalized spacial score (nSPS) is 11.0. The second kappa shape index (κ2) is 5.41. The Labute approximate surface area is 120 Å². The van der Waals surface area contributed by atoms with Gasteiger partial charge in [0.25, 0.3) is 5.89 Å². The van der Waals surface area contributed by atoms with Crippen LogP contribution in [0.15, 0.2) is 39.2 Å². The van der Waals surface area contributed by atoms with E-state index in [9.17, 15) is 4.79 Å². The van der Waals surface area contributed by atoms with E-state index in [-0.39, 0.29) is 18.3 Å². The fourth-order valence-corrected chi connectivity index (χ4v) is 2.03. The van der Waals surface area contributed by atoms with Gasteiger partial charge < -0.3 is 18.3 Å². The zero-order chi connectivity index (χ0) is 14.8. The molecule has 0 saturated carbocycles. The minimum absolute atomic E-state index is 0.0230. The van der Waals surface area contributed by atoms with Crippen molar-refractivity contribution in [1.29, 1.82) is 0 Å². The number of fused-ring (bicyclic) bond motifs is 1. The van der Waals surface area contributed by atoms with Gasteiger partial charge in [0.15, 0.2) is 5.76 Å². The number of carbonyl (C=O) groups is 1. The number of benzene rings is 1. The first-order valence-corrected chi connectivity index (χ1v) is 6.29. The zero-order valence-electron chi connectivity index (χ0n) is 11.6. The molecule has 0 amide bonds. The van der Waals surface area contributed by atoms with Gasteiger partial charge in [-0.05, 0) is 12.1 Å². The molecule has 21 heavy (non-hydrogen) atoms. The summed E-state index contributed by atoms with van der Waals surface area (Å²) < 4.78 is 20.8. The molecule has 0 aliphatic carbocycles. The topological polar surface area (TPSA) is 74.7 Å². The quantitative estimate of drug-likeness (QED) is 0.687. The second-order valence-electron chi connectivity index (χ2n) is 4.37. The van der Waals surface area contributed by atoms with Crippen LogP contribution in [0.4, 0.5) is 0 Å². The Morgan fingerprint density at radius 1 is 1.24 bits per heavy atom. The molecule has 0 aliphatic rings. The molecule has 0 bridgehead atoms. The highest BCUT2D eigenvalue weighted by molar-refractivity contribution is 5.88. The number of ether oxygens (including phenoxy) is 2. The molecule has 0 atom stereocenters. The lowest BCUT2D eigenvalue weighted by Crippen LogP contribution is -2.04. The van der Waals surface area contributed by atoms with Crippen LogP contribution in [0, 0.1) is 0 Å². The molecule has 108 valence electrons. The van der Waals surface area contributed by atoms with Gasteiger partial charge in [0.1, 0.15) is 11.3 Å². The van der Waals surface area contributed by atoms with E-state index >= 15 is 0 Å². The molecule has 0 radical (unpaired) electrons. The lowest BCUT2D eigenvalue weighted by atomic mass is 10.2. The second-order valence-corrected chi connectivity index (χ2v) is 4.37. The molecule has 0 saturated heterocycles. The molecule has 2 heterocycles. The van der Waals surface area contributed by atoms with Crippen LogP contribution in [0.25, 0.3) is 22.6 Å². The van der Waals surface area contributed by atoms with Gasteiger partial charge >= 0.3 is 5.97 Å². The van der Waals surface area contributed by atoms with Gasteiger partial charge in [0.05, 0.1) is 13.7 Å². The lowest BCUT2D eigenvalue weighted by molar-refractivity contribution is 0.0559. The summed E-state index contributed by atoms with van der Waals surface area (Å²) in [5.74, 6) is 0.0917. The summed E-state index contributed by atoms with van der Waals surface area (Å²) in [4.78, 5) is 15.9. The van der Waals surface area contributed by atoms with Crippen molar-refractivity contribution in [2.45, 2.75) is 6.61 Å². The number of nitrogens with zero attached hydrogens (tertiary/aromatic N) is 1. The minimum Gasteiger partial charge on any atom is -0.463 e. The smallest absolute Gasteiger partial charge is 0.376 e. The zero-order valence-corrected chi connectivity index (χ0v) is 11.6. The van der Waals surface area contributed by atoms with Crippen molar-refractivity contribution in [2.75, 3.05) is 14.2 Å². The maximum atomic E-state index is 11.7. The van der Waals surface area contributed by atoms with Crippen molar-refractivity contribution in [3.05, 3.63) is 41.8 Å². The molecule has 0 N–H and O–H groups in total. The summed E-state index contributed by atoms with van der Waals surface area (Å²) in [5, 5.41) is 0.929. The van der Waals surface area contributed by atoms with Gasteiger partial charge in [-0.3, -0.25) is 0 Å². The maximum Gasteiger partial charge on any atom is 0.376 e. The number of carbonyl (C=O) groups excluding carboxylic acids is 1. The monoisotopic (exact) mass is 287 g/mol. The van der Waals surface area contributed by atoms with Crippen LogP contribution in [-0.4, -0.2) is 25.2 Å². The predicted octanol–water partition coefficient (Wildman–Crippen LogP) is 3.02. The predicted molar refractivity (Wildman–Crippen MR) is 73.8 cm³/mol. The van der Waals surface area contributed by atoms with Gasteiger partial charge in [-0.2, -0.15) is 0 Å². The Bertz CT molecular complexity index is 753. The summed E-state index contributed by atoms with van der Waals surface area (Å²) in [5.41, 5.74) is 1.10. The van der Waals surface area contributed by atoms with Crippen molar-refractivity contribution in [3.8, 4) is 11.7 Å². The molecule has 2 aromatic heterocycles. The summed E-state index contributed by atoms with van der Waals surface area (Å²) >= 11 is 0. The Morgan fingerprint density at radius 2 is 2.05 bits per heavy atom. The summed E-state index contributed by atoms with van der Waals surface area (Å²) in [6.07, 6.45) is 0. The van der Waals surface area contributed by atoms with Crippen molar-refractivity contribution in [1.82, 2.24) is 4.98 Å². The number of hydrogen-bond acceptors (Lipinski definition) is 6. The molecule has 3 rings (SSSR count). The third kappa shape index (κ3) is 2.41. The molecular formula is C15H13NO5. The molecule has 0 unspecified atom stereocenters. The van der Waals surface area contributed by atoms with Crippen molar-refractivity contribution in [2.24, 2.45) is 0 Å². The number of aromatic nitrogens is 1. The van der Waals surface area contributed by atoms with Crippen molar-refractivity contribution in [3.63, 3.8) is 0 Å². The van der Waals surface area contributed by atoms with E-state index in [1.807, 2.05) is 24.3 Å². The fourth-order valence-electron chi connectivity index (χ4n) is 2.03. The number of para-hydroxylation sites is 1. The van der Waals surface area contributed by atoms with E-state index in [0.717, 1.165) is 11.0 Å². The van der Waals surface area contributed by atoms with Crippen LogP contribution in [0.5, 0.6) is 0 Å². The molecule has 0 aliphatic heterocycles. The first-order chi connectivity index (χ1) is 10.2. The maximum absolute atomic E-state index is 11.7. The van der Waals surface area contributed by atoms with Crippen LogP contribution < -0.4 is 0 Å². The van der Waals surface area contributed by atoms with Gasteiger partial charge in [-0.15, -0.1) is 0 Å². The Kier molecular flexibility index (Phi) is 3.45. The van der Waals surface area contributed by atoms with E-state index in [2.05, 4.69) is 9.72 Å². The fraction of sp³-hybridized carbons (Fsp3) is 0.200. The molecule has 6 heteroatoms. The molecule has 0 spiro atoms. The number of hydrogen-bond donors (Lipinski definition) is 0. The van der Waals surface area contributed by atoms with Crippen molar-refractivity contribution >= 4 is 16.9 Å². The minimum atomic E-state index is -0.600. The number of methoxy groups -OCH3 is 2. The summed E-state index contributed by atoms with van der Waals surface area (Å²) in [6.45, 7) is 0.147. The third-order valence-corrected chi connectivity index (χ3v) is 2.99. The lowest BCUT2D eigenvalue weighted by Gasteiger charge is -1.96. The average Bonchev–Trinajstić information content (AvgIpc) is 3.10. The standard InChI is InChI=1S/C15H13NO5/c1-18-8-10-13(15(17)19-2)21-14(16-10)12-7-9-5-3-4-6-11(9)20-12/h3-7H,8H2,1-2H3. The number of furan rings is 1. The molecule has 1 aromatic carbocycles. The first-order valence-electron chi connectivity index (χ1n) is 6.29. The van der Waals surface area contributed by atoms with Gasteiger partial charge in [-0.25, -0.2) is 9.78 Å². The summed E-state index contributed by atoms with van der Waals surface area (Å²) in [7, 11) is 2.79. The summed E-state index contributed by atoms with van der Waals surface area (Å²) in [6, 6.07) is 9.36. The van der Waals surface area contributed by atoms with Gasteiger partial charge in [0, 0.05) is 12.5 Å². The number of esters is 1.